The lowest BCUT2D eigenvalue weighted by Crippen LogP contribution is -2.33. The standard InChI is InChI=1S/C15H31N/c1-13(2)9-7-5-6-8-12-16-14(3)15(4)10-11-15/h13-14,16H,5-12H2,1-4H3. The van der Waals surface area contributed by atoms with Crippen molar-refractivity contribution in [2.45, 2.75) is 78.7 Å². The molecule has 96 valence electrons. The van der Waals surface area contributed by atoms with Crippen molar-refractivity contribution in [1.82, 2.24) is 5.32 Å². The first kappa shape index (κ1) is 14.0. The van der Waals surface area contributed by atoms with E-state index in [2.05, 4.69) is 33.0 Å². The summed E-state index contributed by atoms with van der Waals surface area (Å²) in [6.07, 6.45) is 9.87. The Morgan fingerprint density at radius 3 is 2.19 bits per heavy atom. The molecule has 1 atom stereocenters. The highest BCUT2D eigenvalue weighted by molar-refractivity contribution is 4.96. The Bertz CT molecular complexity index is 182. The van der Waals surface area contributed by atoms with Crippen molar-refractivity contribution in [3.63, 3.8) is 0 Å². The maximum Gasteiger partial charge on any atom is 0.00925 e. The third-order valence-electron chi connectivity index (χ3n) is 4.24. The van der Waals surface area contributed by atoms with Crippen LogP contribution in [-0.4, -0.2) is 12.6 Å². The molecule has 0 heterocycles. The second-order valence-electron chi connectivity index (χ2n) is 6.43. The molecule has 1 rings (SSSR count). The lowest BCUT2D eigenvalue weighted by atomic mass is 10.0. The SMILES string of the molecule is CC(C)CCCCCCNC(C)C1(C)CC1. The molecular weight excluding hydrogens is 194 g/mol. The summed E-state index contributed by atoms with van der Waals surface area (Å²) in [4.78, 5) is 0. The Morgan fingerprint density at radius 1 is 1.00 bits per heavy atom. The summed E-state index contributed by atoms with van der Waals surface area (Å²) in [6, 6.07) is 0.725. The van der Waals surface area contributed by atoms with Gasteiger partial charge in [0, 0.05) is 6.04 Å². The third kappa shape index (κ3) is 5.34. The molecular formula is C15H31N. The molecule has 0 saturated heterocycles. The van der Waals surface area contributed by atoms with E-state index in [-0.39, 0.29) is 0 Å². The van der Waals surface area contributed by atoms with E-state index in [4.69, 9.17) is 0 Å². The van der Waals surface area contributed by atoms with Crippen molar-refractivity contribution in [3.05, 3.63) is 0 Å². The van der Waals surface area contributed by atoms with Crippen molar-refractivity contribution in [1.29, 1.82) is 0 Å². The molecule has 1 saturated carbocycles. The zero-order valence-corrected chi connectivity index (χ0v) is 11.8. The third-order valence-corrected chi connectivity index (χ3v) is 4.24. The highest BCUT2D eigenvalue weighted by Gasteiger charge is 2.41. The number of nitrogens with one attached hydrogen (secondary N) is 1. The molecule has 0 spiro atoms. The highest BCUT2D eigenvalue weighted by Crippen LogP contribution is 2.47. The molecule has 0 amide bonds. The van der Waals surface area contributed by atoms with Crippen LogP contribution >= 0.6 is 0 Å². The molecule has 0 radical (unpaired) electrons. The minimum absolute atomic E-state index is 0.637. The van der Waals surface area contributed by atoms with Gasteiger partial charge in [-0.1, -0.05) is 46.5 Å². The molecule has 1 aliphatic carbocycles. The van der Waals surface area contributed by atoms with E-state index in [9.17, 15) is 0 Å². The van der Waals surface area contributed by atoms with Gasteiger partial charge in [0.05, 0.1) is 0 Å². The minimum Gasteiger partial charge on any atom is -0.314 e. The predicted molar refractivity (Wildman–Crippen MR) is 72.7 cm³/mol. The normalized spacial score (nSPS) is 20.1. The van der Waals surface area contributed by atoms with Crippen LogP contribution in [0.1, 0.15) is 72.6 Å². The number of hydrogen-bond donors (Lipinski definition) is 1. The van der Waals surface area contributed by atoms with Crippen LogP contribution in [0.15, 0.2) is 0 Å². The Kier molecular flexibility index (Phi) is 5.82. The van der Waals surface area contributed by atoms with E-state index in [1.165, 1.54) is 51.5 Å². The van der Waals surface area contributed by atoms with E-state index < -0.39 is 0 Å². The molecule has 0 aliphatic heterocycles. The summed E-state index contributed by atoms with van der Waals surface area (Å²) < 4.78 is 0. The summed E-state index contributed by atoms with van der Waals surface area (Å²) in [5, 5.41) is 3.68. The van der Waals surface area contributed by atoms with Gasteiger partial charge in [-0.15, -0.1) is 0 Å². The topological polar surface area (TPSA) is 12.0 Å². The summed E-state index contributed by atoms with van der Waals surface area (Å²) in [6.45, 7) is 10.6. The largest absolute Gasteiger partial charge is 0.314 e. The van der Waals surface area contributed by atoms with Gasteiger partial charge in [-0.3, -0.25) is 0 Å². The molecule has 1 unspecified atom stereocenters. The maximum absolute atomic E-state index is 3.68. The molecule has 1 fully saturated rings. The molecule has 1 heteroatoms. The molecule has 0 aromatic rings. The summed E-state index contributed by atoms with van der Waals surface area (Å²) in [5.41, 5.74) is 0.637. The van der Waals surface area contributed by atoms with Crippen LogP contribution in [0.2, 0.25) is 0 Å². The first-order valence-corrected chi connectivity index (χ1v) is 7.28. The van der Waals surface area contributed by atoms with Gasteiger partial charge in [-0.2, -0.15) is 0 Å². The van der Waals surface area contributed by atoms with Gasteiger partial charge in [0.25, 0.3) is 0 Å². The van der Waals surface area contributed by atoms with Crippen molar-refractivity contribution in [2.75, 3.05) is 6.54 Å². The van der Waals surface area contributed by atoms with Crippen LogP contribution in [0.25, 0.3) is 0 Å². The van der Waals surface area contributed by atoms with Crippen LogP contribution in [0.5, 0.6) is 0 Å². The van der Waals surface area contributed by atoms with E-state index in [0.29, 0.717) is 5.41 Å². The Morgan fingerprint density at radius 2 is 1.62 bits per heavy atom. The van der Waals surface area contributed by atoms with Crippen LogP contribution in [0, 0.1) is 11.3 Å². The van der Waals surface area contributed by atoms with Crippen LogP contribution in [0.3, 0.4) is 0 Å². The highest BCUT2D eigenvalue weighted by atomic mass is 14.9. The van der Waals surface area contributed by atoms with Crippen molar-refractivity contribution in [2.24, 2.45) is 11.3 Å². The zero-order chi connectivity index (χ0) is 12.0. The fourth-order valence-electron chi connectivity index (χ4n) is 2.23. The van der Waals surface area contributed by atoms with Crippen molar-refractivity contribution in [3.8, 4) is 0 Å². The lowest BCUT2D eigenvalue weighted by molar-refractivity contribution is 0.376. The number of rotatable bonds is 9. The fourth-order valence-corrected chi connectivity index (χ4v) is 2.23. The van der Waals surface area contributed by atoms with Gasteiger partial charge in [0.2, 0.25) is 0 Å². The van der Waals surface area contributed by atoms with E-state index in [1.807, 2.05) is 0 Å². The van der Waals surface area contributed by atoms with E-state index in [1.54, 1.807) is 0 Å². The van der Waals surface area contributed by atoms with Crippen LogP contribution in [0.4, 0.5) is 0 Å². The van der Waals surface area contributed by atoms with E-state index >= 15 is 0 Å². The zero-order valence-electron chi connectivity index (χ0n) is 11.8. The van der Waals surface area contributed by atoms with Crippen molar-refractivity contribution >= 4 is 0 Å². The van der Waals surface area contributed by atoms with E-state index in [0.717, 1.165) is 12.0 Å². The number of hydrogen-bond acceptors (Lipinski definition) is 1. The predicted octanol–water partition coefficient (Wildman–Crippen LogP) is 4.37. The van der Waals surface area contributed by atoms with Gasteiger partial charge in [0.1, 0.15) is 0 Å². The lowest BCUT2D eigenvalue weighted by Gasteiger charge is -2.20. The average Bonchev–Trinajstić information content (AvgIpc) is 2.95. The summed E-state index contributed by atoms with van der Waals surface area (Å²) in [7, 11) is 0. The molecule has 16 heavy (non-hydrogen) atoms. The second kappa shape index (κ2) is 6.64. The molecule has 1 N–H and O–H groups in total. The average molecular weight is 225 g/mol. The minimum atomic E-state index is 0.637. The van der Waals surface area contributed by atoms with Gasteiger partial charge in [-0.25, -0.2) is 0 Å². The fraction of sp³-hybridized carbons (Fsp3) is 1.00. The molecule has 1 aliphatic rings. The van der Waals surface area contributed by atoms with Gasteiger partial charge >= 0.3 is 0 Å². The Hall–Kier alpha value is -0.0400. The first-order chi connectivity index (χ1) is 7.54. The second-order valence-corrected chi connectivity index (χ2v) is 6.43. The Labute approximate surface area is 102 Å². The van der Waals surface area contributed by atoms with Gasteiger partial charge < -0.3 is 5.32 Å². The van der Waals surface area contributed by atoms with Gasteiger partial charge in [-0.05, 0) is 44.1 Å². The molecule has 1 nitrogen and oxygen atoms in total. The monoisotopic (exact) mass is 225 g/mol. The maximum atomic E-state index is 3.68. The quantitative estimate of drug-likeness (QED) is 0.575. The molecule has 0 aromatic heterocycles. The summed E-state index contributed by atoms with van der Waals surface area (Å²) in [5.74, 6) is 0.882. The first-order valence-electron chi connectivity index (χ1n) is 7.28. The van der Waals surface area contributed by atoms with Crippen LogP contribution < -0.4 is 5.32 Å². The van der Waals surface area contributed by atoms with Crippen LogP contribution in [-0.2, 0) is 0 Å². The molecule has 0 aromatic carbocycles. The van der Waals surface area contributed by atoms with Crippen molar-refractivity contribution < 1.29 is 0 Å². The number of unbranched alkanes of at least 4 members (excludes halogenated alkanes) is 3. The summed E-state index contributed by atoms with van der Waals surface area (Å²) >= 11 is 0. The molecule has 0 bridgehead atoms. The Balaban J connectivity index is 1.84. The van der Waals surface area contributed by atoms with Gasteiger partial charge in [0.15, 0.2) is 0 Å². The smallest absolute Gasteiger partial charge is 0.00925 e.